The fourth-order valence-electron chi connectivity index (χ4n) is 2.45. The molecule has 5 atom stereocenters. The van der Waals surface area contributed by atoms with Crippen LogP contribution in [0.2, 0.25) is 0 Å². The number of nitrogens with one attached hydrogen (secondary N) is 1. The molecule has 1 saturated heterocycles. The van der Waals surface area contributed by atoms with E-state index in [0.29, 0.717) is 0 Å². The Balaban J connectivity index is 2.34. The second-order valence-electron chi connectivity index (χ2n) is 5.72. The van der Waals surface area contributed by atoms with Crippen molar-refractivity contribution in [3.8, 4) is 0 Å². The summed E-state index contributed by atoms with van der Waals surface area (Å²) in [5.74, 6) is 0. The molecule has 0 aliphatic carbocycles. The summed E-state index contributed by atoms with van der Waals surface area (Å²) >= 11 is 0. The molecule has 1 aliphatic rings. The summed E-state index contributed by atoms with van der Waals surface area (Å²) in [5.41, 5.74) is -1.15. The number of aliphatic hydroxyl groups excluding tert-OH is 1. The van der Waals surface area contributed by atoms with Gasteiger partial charge in [-0.2, -0.15) is 0 Å². The standard InChI is InChI=1S/C13H21N2O10P/c1-6-4-15(13(18)14-11(6)17)12-10(24-7(2)22-3)9(16)8(25-12)5-23-26(19,20)21/h4,7-10,12,16H,5H2,1-3H3,(H,14,17,18)(H2,19,20,21)/t7?,8-,9-,10-,12-/m1/s1. The predicted molar refractivity (Wildman–Crippen MR) is 85.3 cm³/mol. The third-order valence-corrected chi connectivity index (χ3v) is 4.31. The Morgan fingerprint density at radius 1 is 1.42 bits per heavy atom. The Labute approximate surface area is 147 Å². The Kier molecular flexibility index (Phi) is 6.53. The van der Waals surface area contributed by atoms with Gasteiger partial charge in [-0.15, -0.1) is 0 Å². The molecular formula is C13H21N2O10P. The van der Waals surface area contributed by atoms with Crippen LogP contribution in [-0.2, 0) is 23.3 Å². The number of hydrogen-bond donors (Lipinski definition) is 4. The van der Waals surface area contributed by atoms with Crippen LogP contribution in [0.1, 0.15) is 18.7 Å². The van der Waals surface area contributed by atoms with E-state index in [4.69, 9.17) is 24.0 Å². The van der Waals surface area contributed by atoms with Gasteiger partial charge < -0.3 is 29.1 Å². The number of hydrogen-bond acceptors (Lipinski definition) is 8. The molecule has 26 heavy (non-hydrogen) atoms. The molecule has 0 radical (unpaired) electrons. The van der Waals surface area contributed by atoms with Crippen LogP contribution in [0.5, 0.6) is 0 Å². The lowest BCUT2D eigenvalue weighted by Gasteiger charge is -2.25. The molecule has 1 aliphatic heterocycles. The number of aromatic amines is 1. The number of nitrogens with zero attached hydrogens (tertiary/aromatic N) is 1. The van der Waals surface area contributed by atoms with E-state index in [0.717, 1.165) is 4.57 Å². The van der Waals surface area contributed by atoms with Gasteiger partial charge in [0.25, 0.3) is 5.56 Å². The maximum absolute atomic E-state index is 12.1. The molecule has 4 N–H and O–H groups in total. The van der Waals surface area contributed by atoms with Gasteiger partial charge in [0, 0.05) is 18.9 Å². The summed E-state index contributed by atoms with van der Waals surface area (Å²) in [5, 5.41) is 10.4. The Hall–Kier alpha value is -1.37. The van der Waals surface area contributed by atoms with Crippen molar-refractivity contribution in [3.05, 3.63) is 32.6 Å². The van der Waals surface area contributed by atoms with Crippen LogP contribution in [0.25, 0.3) is 0 Å². The highest BCUT2D eigenvalue weighted by atomic mass is 31.2. The van der Waals surface area contributed by atoms with E-state index in [1.54, 1.807) is 6.92 Å². The molecule has 1 aromatic heterocycles. The molecule has 0 aromatic carbocycles. The first-order valence-corrected chi connectivity index (χ1v) is 9.10. The second-order valence-corrected chi connectivity index (χ2v) is 6.96. The van der Waals surface area contributed by atoms with E-state index >= 15 is 0 Å². The average molecular weight is 396 g/mol. The molecule has 1 unspecified atom stereocenters. The molecule has 2 rings (SSSR count). The summed E-state index contributed by atoms with van der Waals surface area (Å²) in [6.45, 7) is 2.38. The minimum Gasteiger partial charge on any atom is -0.387 e. The lowest BCUT2D eigenvalue weighted by Crippen LogP contribution is -2.41. The van der Waals surface area contributed by atoms with E-state index in [1.807, 2.05) is 0 Å². The molecule has 2 heterocycles. The zero-order valence-electron chi connectivity index (χ0n) is 14.3. The van der Waals surface area contributed by atoms with Crippen molar-refractivity contribution in [1.82, 2.24) is 9.55 Å². The van der Waals surface area contributed by atoms with Gasteiger partial charge in [-0.05, 0) is 13.8 Å². The first kappa shape index (κ1) is 20.9. The minimum atomic E-state index is -4.79. The molecule has 1 aromatic rings. The summed E-state index contributed by atoms with van der Waals surface area (Å²) in [4.78, 5) is 43.4. The summed E-state index contributed by atoms with van der Waals surface area (Å²) in [7, 11) is -3.42. The van der Waals surface area contributed by atoms with Gasteiger partial charge in [-0.3, -0.25) is 18.9 Å². The SMILES string of the molecule is COC(C)O[C@@H]1[C@H](O)[C@@H](COP(=O)(O)O)O[C@H]1n1cc(C)c(=O)[nH]c1=O. The Morgan fingerprint density at radius 2 is 2.08 bits per heavy atom. The highest BCUT2D eigenvalue weighted by Crippen LogP contribution is 2.39. The van der Waals surface area contributed by atoms with Crippen molar-refractivity contribution in [2.75, 3.05) is 13.7 Å². The fraction of sp³-hybridized carbons (Fsp3) is 0.692. The summed E-state index contributed by atoms with van der Waals surface area (Å²) in [6.07, 6.45) is -4.43. The number of H-pyrrole nitrogens is 1. The normalized spacial score (nSPS) is 27.6. The Bertz CT molecular complexity index is 786. The number of ether oxygens (including phenoxy) is 3. The van der Waals surface area contributed by atoms with Crippen molar-refractivity contribution < 1.29 is 38.2 Å². The second kappa shape index (κ2) is 8.11. The van der Waals surface area contributed by atoms with Gasteiger partial charge in [-0.25, -0.2) is 9.36 Å². The zero-order chi connectivity index (χ0) is 19.6. The highest BCUT2D eigenvalue weighted by Gasteiger charge is 2.47. The van der Waals surface area contributed by atoms with Crippen LogP contribution in [-0.4, -0.2) is 62.8 Å². The maximum atomic E-state index is 12.1. The first-order chi connectivity index (χ1) is 12.0. The maximum Gasteiger partial charge on any atom is 0.469 e. The van der Waals surface area contributed by atoms with Gasteiger partial charge in [0.1, 0.15) is 18.3 Å². The summed E-state index contributed by atoms with van der Waals surface area (Å²) < 4.78 is 32.3. The van der Waals surface area contributed by atoms with Gasteiger partial charge in [0.2, 0.25) is 0 Å². The van der Waals surface area contributed by atoms with Crippen LogP contribution in [0.3, 0.4) is 0 Å². The molecule has 12 nitrogen and oxygen atoms in total. The molecule has 13 heteroatoms. The average Bonchev–Trinajstić information content (AvgIpc) is 2.84. The van der Waals surface area contributed by atoms with Crippen molar-refractivity contribution in [2.45, 2.75) is 44.7 Å². The van der Waals surface area contributed by atoms with Gasteiger partial charge in [0.15, 0.2) is 12.5 Å². The summed E-state index contributed by atoms with van der Waals surface area (Å²) in [6, 6.07) is 0. The molecule has 1 fully saturated rings. The lowest BCUT2D eigenvalue weighted by atomic mass is 10.1. The fourth-order valence-corrected chi connectivity index (χ4v) is 2.79. The van der Waals surface area contributed by atoms with E-state index in [1.165, 1.54) is 20.2 Å². The van der Waals surface area contributed by atoms with Gasteiger partial charge in [0.05, 0.1) is 6.61 Å². The smallest absolute Gasteiger partial charge is 0.387 e. The number of aryl methyl sites for hydroxylation is 1. The number of aliphatic hydroxyl groups is 1. The van der Waals surface area contributed by atoms with E-state index < -0.39 is 56.5 Å². The Morgan fingerprint density at radius 3 is 2.65 bits per heavy atom. The highest BCUT2D eigenvalue weighted by molar-refractivity contribution is 7.46. The monoisotopic (exact) mass is 396 g/mol. The third kappa shape index (κ3) is 4.87. The largest absolute Gasteiger partial charge is 0.469 e. The van der Waals surface area contributed by atoms with E-state index in [-0.39, 0.29) is 5.56 Å². The molecule has 0 spiro atoms. The number of methoxy groups -OCH3 is 1. The van der Waals surface area contributed by atoms with E-state index in [2.05, 4.69) is 9.51 Å². The third-order valence-electron chi connectivity index (χ3n) is 3.82. The van der Waals surface area contributed by atoms with Crippen LogP contribution >= 0.6 is 7.82 Å². The van der Waals surface area contributed by atoms with Crippen LogP contribution in [0.15, 0.2) is 15.8 Å². The number of aromatic nitrogens is 2. The van der Waals surface area contributed by atoms with Crippen LogP contribution < -0.4 is 11.2 Å². The first-order valence-electron chi connectivity index (χ1n) is 7.57. The van der Waals surface area contributed by atoms with Gasteiger partial charge >= 0.3 is 13.5 Å². The number of rotatable bonds is 7. The van der Waals surface area contributed by atoms with E-state index in [9.17, 15) is 19.3 Å². The predicted octanol–water partition coefficient (Wildman–Crippen LogP) is -1.41. The molecular weight excluding hydrogens is 375 g/mol. The number of phosphoric ester groups is 1. The van der Waals surface area contributed by atoms with Crippen LogP contribution in [0.4, 0.5) is 0 Å². The van der Waals surface area contributed by atoms with Gasteiger partial charge in [-0.1, -0.05) is 0 Å². The molecule has 0 bridgehead atoms. The van der Waals surface area contributed by atoms with Crippen molar-refractivity contribution in [3.63, 3.8) is 0 Å². The van der Waals surface area contributed by atoms with Crippen molar-refractivity contribution in [1.29, 1.82) is 0 Å². The lowest BCUT2D eigenvalue weighted by molar-refractivity contribution is -0.182. The van der Waals surface area contributed by atoms with Crippen molar-refractivity contribution >= 4 is 7.82 Å². The van der Waals surface area contributed by atoms with Crippen molar-refractivity contribution in [2.24, 2.45) is 0 Å². The minimum absolute atomic E-state index is 0.219. The quantitative estimate of drug-likeness (QED) is 0.317. The zero-order valence-corrected chi connectivity index (χ0v) is 15.2. The molecule has 0 amide bonds. The molecule has 0 saturated carbocycles. The topological polar surface area (TPSA) is 170 Å². The van der Waals surface area contributed by atoms with Crippen LogP contribution in [0, 0.1) is 6.92 Å². The molecule has 148 valence electrons. The number of phosphoric acid groups is 1.